The van der Waals surface area contributed by atoms with Crippen LogP contribution in [0.25, 0.3) is 22.4 Å². The van der Waals surface area contributed by atoms with Crippen molar-refractivity contribution in [1.82, 2.24) is 4.98 Å². The summed E-state index contributed by atoms with van der Waals surface area (Å²) in [5, 5.41) is 0.979. The number of hydrogen-bond acceptors (Lipinski definition) is 4. The van der Waals surface area contributed by atoms with Crippen molar-refractivity contribution in [2.45, 2.75) is 13.2 Å². The SMILES string of the molecule is C(=C\c1nc2ccccc2s1)/c1ccc(OCc2ccccc2)c(OCc2ccccc2)c1. The predicted octanol–water partition coefficient (Wildman–Crippen LogP) is 7.62. The van der Waals surface area contributed by atoms with Crippen LogP contribution in [0, 0.1) is 0 Å². The molecule has 4 heteroatoms. The van der Waals surface area contributed by atoms with E-state index >= 15 is 0 Å². The first-order valence-electron chi connectivity index (χ1n) is 10.8. The van der Waals surface area contributed by atoms with Crippen LogP contribution in [-0.4, -0.2) is 4.98 Å². The molecule has 0 aliphatic rings. The van der Waals surface area contributed by atoms with Crippen LogP contribution in [0.2, 0.25) is 0 Å². The molecule has 33 heavy (non-hydrogen) atoms. The smallest absolute Gasteiger partial charge is 0.162 e. The number of hydrogen-bond donors (Lipinski definition) is 0. The predicted molar refractivity (Wildman–Crippen MR) is 137 cm³/mol. The Kier molecular flexibility index (Phi) is 6.46. The average molecular weight is 450 g/mol. The second-order valence-corrected chi connectivity index (χ2v) is 8.67. The largest absolute Gasteiger partial charge is 0.485 e. The maximum absolute atomic E-state index is 6.18. The van der Waals surface area contributed by atoms with E-state index in [4.69, 9.17) is 9.47 Å². The summed E-state index contributed by atoms with van der Waals surface area (Å²) in [7, 11) is 0. The van der Waals surface area contributed by atoms with E-state index in [1.165, 1.54) is 4.70 Å². The van der Waals surface area contributed by atoms with E-state index in [1.807, 2.05) is 78.9 Å². The normalized spacial score (nSPS) is 11.2. The van der Waals surface area contributed by atoms with Gasteiger partial charge in [-0.2, -0.15) is 0 Å². The summed E-state index contributed by atoms with van der Waals surface area (Å²) in [4.78, 5) is 4.68. The molecule has 0 atom stereocenters. The average Bonchev–Trinajstić information content (AvgIpc) is 3.30. The quantitative estimate of drug-likeness (QED) is 0.244. The molecule has 5 aromatic rings. The highest BCUT2D eigenvalue weighted by molar-refractivity contribution is 7.19. The van der Waals surface area contributed by atoms with E-state index in [1.54, 1.807) is 11.3 Å². The Morgan fingerprint density at radius 1 is 0.636 bits per heavy atom. The van der Waals surface area contributed by atoms with E-state index < -0.39 is 0 Å². The number of para-hydroxylation sites is 1. The standard InChI is InChI=1S/C29H23NO2S/c1-3-9-23(10-4-1)20-31-26-17-15-22(19-27(26)32-21-24-11-5-2-6-12-24)16-18-29-30-25-13-7-8-14-28(25)33-29/h1-19H,20-21H2/b18-16+. The maximum atomic E-state index is 6.18. The molecule has 0 saturated carbocycles. The topological polar surface area (TPSA) is 31.4 Å². The zero-order chi connectivity index (χ0) is 22.3. The summed E-state index contributed by atoms with van der Waals surface area (Å²) in [5.74, 6) is 1.45. The molecule has 4 aromatic carbocycles. The lowest BCUT2D eigenvalue weighted by Gasteiger charge is -2.14. The lowest BCUT2D eigenvalue weighted by molar-refractivity contribution is 0.256. The molecule has 1 heterocycles. The fourth-order valence-corrected chi connectivity index (χ4v) is 4.33. The molecule has 0 aliphatic carbocycles. The fraction of sp³-hybridized carbons (Fsp3) is 0.0690. The number of thiazole rings is 1. The van der Waals surface area contributed by atoms with E-state index in [0.29, 0.717) is 13.2 Å². The summed E-state index contributed by atoms with van der Waals surface area (Å²) >= 11 is 1.68. The zero-order valence-electron chi connectivity index (χ0n) is 18.1. The molecule has 0 amide bonds. The molecular weight excluding hydrogens is 426 g/mol. The fourth-order valence-electron chi connectivity index (χ4n) is 3.46. The van der Waals surface area contributed by atoms with Crippen molar-refractivity contribution in [3.05, 3.63) is 125 Å². The van der Waals surface area contributed by atoms with Crippen molar-refractivity contribution in [2.24, 2.45) is 0 Å². The van der Waals surface area contributed by atoms with Gasteiger partial charge in [0.25, 0.3) is 0 Å². The molecular formula is C29H23NO2S. The number of benzene rings is 4. The van der Waals surface area contributed by atoms with E-state index in [0.717, 1.165) is 38.7 Å². The van der Waals surface area contributed by atoms with E-state index in [-0.39, 0.29) is 0 Å². The van der Waals surface area contributed by atoms with Crippen molar-refractivity contribution < 1.29 is 9.47 Å². The Labute approximate surface area is 197 Å². The first-order chi connectivity index (χ1) is 16.3. The number of aromatic nitrogens is 1. The molecule has 0 aliphatic heterocycles. The van der Waals surface area contributed by atoms with Crippen LogP contribution in [0.4, 0.5) is 0 Å². The summed E-state index contributed by atoms with van der Waals surface area (Å²) in [6.45, 7) is 0.969. The van der Waals surface area contributed by atoms with Crippen LogP contribution in [-0.2, 0) is 13.2 Å². The molecule has 0 bridgehead atoms. The summed E-state index contributed by atoms with van der Waals surface area (Å²) in [6.07, 6.45) is 4.11. The van der Waals surface area contributed by atoms with Crippen LogP contribution in [0.5, 0.6) is 11.5 Å². The lowest BCUT2D eigenvalue weighted by Crippen LogP contribution is -2.00. The van der Waals surface area contributed by atoms with E-state index in [9.17, 15) is 0 Å². The van der Waals surface area contributed by atoms with Crippen LogP contribution in [0.1, 0.15) is 21.7 Å². The summed E-state index contributed by atoms with van der Waals surface area (Å²) < 4.78 is 13.5. The third-order valence-corrected chi connectivity index (χ3v) is 6.17. The molecule has 3 nitrogen and oxygen atoms in total. The van der Waals surface area contributed by atoms with E-state index in [2.05, 4.69) is 41.4 Å². The number of ether oxygens (including phenoxy) is 2. The minimum Gasteiger partial charge on any atom is -0.485 e. The minimum atomic E-state index is 0.480. The van der Waals surface area contributed by atoms with Crippen molar-refractivity contribution in [2.75, 3.05) is 0 Å². The Morgan fingerprint density at radius 3 is 1.97 bits per heavy atom. The van der Waals surface area contributed by atoms with Crippen LogP contribution in [0.15, 0.2) is 103 Å². The van der Waals surface area contributed by atoms with Gasteiger partial charge in [-0.15, -0.1) is 11.3 Å². The second-order valence-electron chi connectivity index (χ2n) is 7.61. The Balaban J connectivity index is 1.37. The van der Waals surface area contributed by atoms with Gasteiger partial charge in [-0.25, -0.2) is 4.98 Å². The van der Waals surface area contributed by atoms with Gasteiger partial charge in [-0.1, -0.05) is 84.9 Å². The Bertz CT molecular complexity index is 1330. The minimum absolute atomic E-state index is 0.480. The molecule has 0 spiro atoms. The van der Waals surface area contributed by atoms with Gasteiger partial charge in [0.1, 0.15) is 18.2 Å². The van der Waals surface area contributed by atoms with Crippen molar-refractivity contribution in [1.29, 1.82) is 0 Å². The van der Waals surface area contributed by atoms with Gasteiger partial charge in [0, 0.05) is 0 Å². The molecule has 0 unspecified atom stereocenters. The first-order valence-corrected chi connectivity index (χ1v) is 11.7. The third kappa shape index (κ3) is 5.48. The number of rotatable bonds is 8. The zero-order valence-corrected chi connectivity index (χ0v) is 18.9. The lowest BCUT2D eigenvalue weighted by atomic mass is 10.2. The third-order valence-electron chi connectivity index (χ3n) is 5.17. The highest BCUT2D eigenvalue weighted by Crippen LogP contribution is 2.31. The summed E-state index contributed by atoms with van der Waals surface area (Å²) in [6, 6.07) is 34.5. The van der Waals surface area contributed by atoms with Gasteiger partial charge in [-0.3, -0.25) is 0 Å². The molecule has 0 fully saturated rings. The number of fused-ring (bicyclic) bond motifs is 1. The monoisotopic (exact) mass is 449 g/mol. The van der Waals surface area contributed by atoms with Crippen molar-refractivity contribution in [3.63, 3.8) is 0 Å². The van der Waals surface area contributed by atoms with Crippen LogP contribution in [0.3, 0.4) is 0 Å². The van der Waals surface area contributed by atoms with Gasteiger partial charge in [-0.05, 0) is 47.0 Å². The van der Waals surface area contributed by atoms with Crippen LogP contribution >= 0.6 is 11.3 Å². The van der Waals surface area contributed by atoms with Gasteiger partial charge >= 0.3 is 0 Å². The number of nitrogens with zero attached hydrogens (tertiary/aromatic N) is 1. The van der Waals surface area contributed by atoms with Gasteiger partial charge in [0.05, 0.1) is 10.2 Å². The molecule has 1 aromatic heterocycles. The second kappa shape index (κ2) is 10.2. The maximum Gasteiger partial charge on any atom is 0.162 e. The Morgan fingerprint density at radius 2 is 1.27 bits per heavy atom. The molecule has 5 rings (SSSR count). The van der Waals surface area contributed by atoms with Crippen LogP contribution < -0.4 is 9.47 Å². The van der Waals surface area contributed by atoms with Gasteiger partial charge in [0.15, 0.2) is 11.5 Å². The molecule has 162 valence electrons. The highest BCUT2D eigenvalue weighted by Gasteiger charge is 2.08. The molecule has 0 N–H and O–H groups in total. The van der Waals surface area contributed by atoms with Crippen molar-refractivity contribution in [3.8, 4) is 11.5 Å². The van der Waals surface area contributed by atoms with Gasteiger partial charge in [0.2, 0.25) is 0 Å². The molecule has 0 saturated heterocycles. The highest BCUT2D eigenvalue weighted by atomic mass is 32.1. The molecule has 0 radical (unpaired) electrons. The first kappa shape index (κ1) is 21.0. The Hall–Kier alpha value is -3.89. The summed E-state index contributed by atoms with van der Waals surface area (Å²) in [5.41, 5.74) is 4.29. The van der Waals surface area contributed by atoms with Gasteiger partial charge < -0.3 is 9.47 Å². The van der Waals surface area contributed by atoms with Crippen molar-refractivity contribution >= 4 is 33.7 Å².